The molecule has 0 saturated carbocycles. The smallest absolute Gasteiger partial charge is 0.387 e. The second kappa shape index (κ2) is 12.3. The molecule has 0 aliphatic carbocycles. The second-order valence-corrected chi connectivity index (χ2v) is 5.33. The van der Waals surface area contributed by atoms with Crippen LogP contribution in [-0.2, 0) is 13.1 Å². The van der Waals surface area contributed by atoms with Crippen molar-refractivity contribution in [1.82, 2.24) is 15.6 Å². The van der Waals surface area contributed by atoms with Crippen molar-refractivity contribution in [2.45, 2.75) is 26.6 Å². The molecule has 2 rings (SSSR count). The van der Waals surface area contributed by atoms with E-state index in [1.165, 1.54) is 37.6 Å². The molecule has 0 aliphatic rings. The molecule has 2 N–H and O–H groups in total. The van der Waals surface area contributed by atoms with Gasteiger partial charge in [0.15, 0.2) is 5.96 Å². The van der Waals surface area contributed by atoms with Gasteiger partial charge in [-0.05, 0) is 37.3 Å². The Morgan fingerprint density at radius 1 is 1.25 bits per heavy atom. The van der Waals surface area contributed by atoms with E-state index >= 15 is 0 Å². The molecule has 0 unspecified atom stereocenters. The average molecular weight is 510 g/mol. The zero-order valence-electron chi connectivity index (χ0n) is 15.4. The maximum Gasteiger partial charge on any atom is 0.387 e. The largest absolute Gasteiger partial charge is 0.497 e. The summed E-state index contributed by atoms with van der Waals surface area (Å²) in [5.74, 6) is 0.464. The molecule has 0 atom stereocenters. The average Bonchev–Trinajstić information content (AvgIpc) is 2.65. The predicted molar refractivity (Wildman–Crippen MR) is 111 cm³/mol. The number of nitrogens with one attached hydrogen (secondary N) is 2. The van der Waals surface area contributed by atoms with Crippen LogP contribution in [0.5, 0.6) is 11.5 Å². The molecule has 0 saturated heterocycles. The van der Waals surface area contributed by atoms with Gasteiger partial charge in [0.05, 0.1) is 25.9 Å². The van der Waals surface area contributed by atoms with E-state index < -0.39 is 12.4 Å². The SMILES string of the molecule is CCNC(=NCc1cc(OC)ccc1OC(F)F)NCc1ncccc1F.I. The fourth-order valence-electron chi connectivity index (χ4n) is 2.24. The summed E-state index contributed by atoms with van der Waals surface area (Å²) in [6.07, 6.45) is 1.49. The van der Waals surface area contributed by atoms with E-state index in [1.54, 1.807) is 6.07 Å². The van der Waals surface area contributed by atoms with E-state index in [0.717, 1.165) is 0 Å². The number of guanidine groups is 1. The highest BCUT2D eigenvalue weighted by molar-refractivity contribution is 14.0. The van der Waals surface area contributed by atoms with Crippen LogP contribution in [0, 0.1) is 5.82 Å². The Labute approximate surface area is 178 Å². The van der Waals surface area contributed by atoms with E-state index in [2.05, 4.69) is 25.3 Å². The number of nitrogens with zero attached hydrogens (tertiary/aromatic N) is 2. The molecule has 1 aromatic heterocycles. The van der Waals surface area contributed by atoms with Gasteiger partial charge >= 0.3 is 6.61 Å². The van der Waals surface area contributed by atoms with Crippen molar-refractivity contribution in [3.05, 3.63) is 53.6 Å². The van der Waals surface area contributed by atoms with Gasteiger partial charge in [-0.25, -0.2) is 9.38 Å². The number of benzene rings is 1. The minimum atomic E-state index is -2.94. The molecule has 0 aliphatic heterocycles. The molecule has 0 bridgehead atoms. The van der Waals surface area contributed by atoms with Crippen LogP contribution >= 0.6 is 24.0 Å². The fourth-order valence-corrected chi connectivity index (χ4v) is 2.24. The van der Waals surface area contributed by atoms with Crippen molar-refractivity contribution in [2.24, 2.45) is 4.99 Å². The lowest BCUT2D eigenvalue weighted by atomic mass is 10.2. The first-order valence-electron chi connectivity index (χ1n) is 8.26. The van der Waals surface area contributed by atoms with Crippen LogP contribution in [0.25, 0.3) is 0 Å². The summed E-state index contributed by atoms with van der Waals surface area (Å²) in [6, 6.07) is 7.32. The maximum atomic E-state index is 13.7. The van der Waals surface area contributed by atoms with Crippen LogP contribution in [0.15, 0.2) is 41.5 Å². The van der Waals surface area contributed by atoms with Gasteiger partial charge in [0, 0.05) is 18.3 Å². The third-order valence-electron chi connectivity index (χ3n) is 3.49. The number of methoxy groups -OCH3 is 1. The third-order valence-corrected chi connectivity index (χ3v) is 3.49. The molecular weight excluding hydrogens is 488 g/mol. The molecule has 1 aromatic carbocycles. The van der Waals surface area contributed by atoms with Crippen LogP contribution in [0.3, 0.4) is 0 Å². The Hall–Kier alpha value is -2.24. The number of hydrogen-bond acceptors (Lipinski definition) is 4. The fraction of sp³-hybridized carbons (Fsp3) is 0.333. The Morgan fingerprint density at radius 3 is 2.68 bits per heavy atom. The number of alkyl halides is 2. The standard InChI is InChI=1S/C18H21F3N4O2.HI/c1-3-22-18(25-11-15-14(19)5-4-8-23-15)24-10-12-9-13(26-2)6-7-16(12)27-17(20)21;/h4-9,17H,3,10-11H2,1-2H3,(H2,22,24,25);1H. The first-order chi connectivity index (χ1) is 13.0. The van der Waals surface area contributed by atoms with E-state index in [-0.39, 0.29) is 48.5 Å². The Kier molecular flexibility index (Phi) is 10.4. The van der Waals surface area contributed by atoms with Gasteiger partial charge < -0.3 is 20.1 Å². The molecule has 0 fully saturated rings. The number of aliphatic imine (C=N–C) groups is 1. The van der Waals surface area contributed by atoms with Gasteiger partial charge in [-0.15, -0.1) is 24.0 Å². The highest BCUT2D eigenvalue weighted by atomic mass is 127. The maximum absolute atomic E-state index is 13.7. The van der Waals surface area contributed by atoms with E-state index in [0.29, 0.717) is 23.8 Å². The van der Waals surface area contributed by atoms with Crippen molar-refractivity contribution in [3.8, 4) is 11.5 Å². The molecule has 10 heteroatoms. The number of hydrogen-bond donors (Lipinski definition) is 2. The Balaban J connectivity index is 0.00000392. The van der Waals surface area contributed by atoms with Gasteiger partial charge in [0.2, 0.25) is 0 Å². The number of aromatic nitrogens is 1. The summed E-state index contributed by atoms with van der Waals surface area (Å²) < 4.78 is 48.5. The summed E-state index contributed by atoms with van der Waals surface area (Å²) >= 11 is 0. The molecule has 0 radical (unpaired) electrons. The molecule has 154 valence electrons. The van der Waals surface area contributed by atoms with Crippen molar-refractivity contribution >= 4 is 29.9 Å². The zero-order valence-corrected chi connectivity index (χ0v) is 17.7. The molecule has 1 heterocycles. The second-order valence-electron chi connectivity index (χ2n) is 5.33. The monoisotopic (exact) mass is 510 g/mol. The van der Waals surface area contributed by atoms with Crippen LogP contribution in [-0.4, -0.2) is 31.2 Å². The number of rotatable bonds is 8. The molecular formula is C18H22F3IN4O2. The van der Waals surface area contributed by atoms with Gasteiger partial charge in [0.1, 0.15) is 17.3 Å². The summed E-state index contributed by atoms with van der Waals surface area (Å²) in [5.41, 5.74) is 0.669. The molecule has 0 amide bonds. The Bertz CT molecular complexity index is 778. The van der Waals surface area contributed by atoms with Crippen molar-refractivity contribution in [3.63, 3.8) is 0 Å². The number of pyridine rings is 1. The first kappa shape index (κ1) is 23.8. The molecule has 28 heavy (non-hydrogen) atoms. The van der Waals surface area contributed by atoms with Gasteiger partial charge in [0.25, 0.3) is 0 Å². The lowest BCUT2D eigenvalue weighted by Crippen LogP contribution is -2.37. The summed E-state index contributed by atoms with van der Waals surface area (Å²) in [7, 11) is 1.48. The van der Waals surface area contributed by atoms with E-state index in [1.807, 2.05) is 6.92 Å². The Morgan fingerprint density at radius 2 is 2.04 bits per heavy atom. The summed E-state index contributed by atoms with van der Waals surface area (Å²) in [5, 5.41) is 5.95. The lowest BCUT2D eigenvalue weighted by molar-refractivity contribution is -0.0504. The quantitative estimate of drug-likeness (QED) is 0.322. The third kappa shape index (κ3) is 7.41. The van der Waals surface area contributed by atoms with Crippen molar-refractivity contribution in [1.29, 1.82) is 0 Å². The zero-order chi connectivity index (χ0) is 19.6. The van der Waals surface area contributed by atoms with Crippen LogP contribution in [0.1, 0.15) is 18.2 Å². The van der Waals surface area contributed by atoms with Crippen molar-refractivity contribution < 1.29 is 22.6 Å². The van der Waals surface area contributed by atoms with Gasteiger partial charge in [-0.2, -0.15) is 8.78 Å². The lowest BCUT2D eigenvalue weighted by Gasteiger charge is -2.13. The topological polar surface area (TPSA) is 67.8 Å². The first-order valence-corrected chi connectivity index (χ1v) is 8.26. The molecule has 2 aromatic rings. The normalized spacial score (nSPS) is 11.0. The van der Waals surface area contributed by atoms with Crippen LogP contribution in [0.2, 0.25) is 0 Å². The minimum absolute atomic E-state index is 0. The summed E-state index contributed by atoms with van der Waals surface area (Å²) in [6.45, 7) is -0.333. The highest BCUT2D eigenvalue weighted by Crippen LogP contribution is 2.26. The van der Waals surface area contributed by atoms with Crippen LogP contribution < -0.4 is 20.1 Å². The van der Waals surface area contributed by atoms with E-state index in [4.69, 9.17) is 4.74 Å². The van der Waals surface area contributed by atoms with Crippen molar-refractivity contribution in [2.75, 3.05) is 13.7 Å². The van der Waals surface area contributed by atoms with Gasteiger partial charge in [-0.3, -0.25) is 4.98 Å². The minimum Gasteiger partial charge on any atom is -0.497 e. The van der Waals surface area contributed by atoms with E-state index in [9.17, 15) is 13.2 Å². The predicted octanol–water partition coefficient (Wildman–Crippen LogP) is 3.70. The highest BCUT2D eigenvalue weighted by Gasteiger charge is 2.11. The number of ether oxygens (including phenoxy) is 2. The molecule has 0 spiro atoms. The molecule has 6 nitrogen and oxygen atoms in total. The summed E-state index contributed by atoms with van der Waals surface area (Å²) in [4.78, 5) is 8.29. The van der Waals surface area contributed by atoms with Crippen LogP contribution in [0.4, 0.5) is 13.2 Å². The van der Waals surface area contributed by atoms with Gasteiger partial charge in [-0.1, -0.05) is 0 Å². The number of halogens is 4.